The van der Waals surface area contributed by atoms with Gasteiger partial charge in [0.05, 0.1) is 23.5 Å². The van der Waals surface area contributed by atoms with Crippen LogP contribution in [0.4, 0.5) is 16.4 Å². The van der Waals surface area contributed by atoms with Crippen molar-refractivity contribution in [2.24, 2.45) is 0 Å². The molecule has 36 heavy (non-hydrogen) atoms. The van der Waals surface area contributed by atoms with E-state index in [0.29, 0.717) is 43.5 Å². The molecule has 0 bridgehead atoms. The van der Waals surface area contributed by atoms with Crippen LogP contribution in [-0.2, 0) is 14.6 Å². The van der Waals surface area contributed by atoms with Gasteiger partial charge in [0, 0.05) is 43.0 Å². The van der Waals surface area contributed by atoms with E-state index < -0.39 is 15.9 Å². The fourth-order valence-corrected chi connectivity index (χ4v) is 5.58. The van der Waals surface area contributed by atoms with Crippen molar-refractivity contribution < 1.29 is 23.1 Å². The van der Waals surface area contributed by atoms with Crippen LogP contribution in [0.1, 0.15) is 0 Å². The molecule has 0 atom stereocenters. The number of rotatable bonds is 5. The fourth-order valence-electron chi connectivity index (χ4n) is 3.89. The molecule has 10 nitrogen and oxygen atoms in total. The average Bonchev–Trinajstić information content (AvgIpc) is 3.32. The van der Waals surface area contributed by atoms with Gasteiger partial charge in [0.25, 0.3) is 0 Å². The quantitative estimate of drug-likeness (QED) is 0.414. The summed E-state index contributed by atoms with van der Waals surface area (Å²) in [4.78, 5) is 30.2. The van der Waals surface area contributed by atoms with Crippen molar-refractivity contribution in [3.05, 3.63) is 48.7 Å². The number of hydrogen-bond acceptors (Lipinski definition) is 9. The molecule has 1 amide bonds. The zero-order chi connectivity index (χ0) is 25.4. The van der Waals surface area contributed by atoms with E-state index in [1.165, 1.54) is 24.6 Å². The number of amides is 1. The average molecular weight is 526 g/mol. The number of ether oxygens (including phenoxy) is 1. The van der Waals surface area contributed by atoms with Gasteiger partial charge in [-0.25, -0.2) is 28.2 Å². The largest absolute Gasteiger partial charge is 0.465 e. The highest BCUT2D eigenvalue weighted by atomic mass is 32.2. The van der Waals surface area contributed by atoms with Gasteiger partial charge in [-0.1, -0.05) is 12.1 Å². The molecule has 5 rings (SSSR count). The Hall–Kier alpha value is -3.61. The van der Waals surface area contributed by atoms with Crippen molar-refractivity contribution in [3.8, 4) is 21.8 Å². The maximum atomic E-state index is 12.1. The van der Waals surface area contributed by atoms with Crippen molar-refractivity contribution in [3.63, 3.8) is 0 Å². The predicted molar refractivity (Wildman–Crippen MR) is 139 cm³/mol. The van der Waals surface area contributed by atoms with Crippen LogP contribution in [0.3, 0.4) is 0 Å². The molecule has 1 N–H and O–H groups in total. The lowest BCUT2D eigenvalue weighted by Crippen LogP contribution is -2.37. The maximum Gasteiger partial charge on any atom is 0.412 e. The molecular weight excluding hydrogens is 502 g/mol. The second-order valence-corrected chi connectivity index (χ2v) is 11.4. The van der Waals surface area contributed by atoms with E-state index in [0.717, 1.165) is 31.4 Å². The normalized spacial score (nSPS) is 14.2. The monoisotopic (exact) mass is 525 g/mol. The third-order valence-electron chi connectivity index (χ3n) is 5.87. The molecule has 4 aromatic rings. The first-order chi connectivity index (χ1) is 17.2. The number of thiophene rings is 1. The number of pyridine rings is 1. The van der Waals surface area contributed by atoms with Crippen molar-refractivity contribution >= 4 is 49.1 Å². The molecule has 3 aromatic heterocycles. The topological polar surface area (TPSA) is 126 Å². The van der Waals surface area contributed by atoms with Gasteiger partial charge in [-0.3, -0.25) is 4.90 Å². The number of hydrogen-bond donors (Lipinski definition) is 1. The number of anilines is 2. The van der Waals surface area contributed by atoms with Gasteiger partial charge in [-0.05, 0) is 35.9 Å². The van der Waals surface area contributed by atoms with Gasteiger partial charge < -0.3 is 14.7 Å². The molecule has 1 aliphatic rings. The van der Waals surface area contributed by atoms with Gasteiger partial charge >= 0.3 is 6.09 Å². The van der Waals surface area contributed by atoms with Crippen molar-refractivity contribution in [1.29, 1.82) is 0 Å². The SMILES string of the molecule is CN(C(=O)O)c1ccc(-c2nc(N3CCOCC3)c3cc(-c4cccc(S(C)(=O)=O)c4)sc3n2)cn1. The Morgan fingerprint density at radius 2 is 1.89 bits per heavy atom. The minimum atomic E-state index is -3.34. The summed E-state index contributed by atoms with van der Waals surface area (Å²) in [5, 5.41) is 10.1. The van der Waals surface area contributed by atoms with E-state index in [1.807, 2.05) is 12.1 Å². The molecular formula is C24H23N5O5S2. The van der Waals surface area contributed by atoms with Crippen LogP contribution in [0, 0.1) is 0 Å². The number of benzene rings is 1. The number of fused-ring (bicyclic) bond motifs is 1. The molecule has 0 aliphatic carbocycles. The lowest BCUT2D eigenvalue weighted by molar-refractivity contribution is 0.122. The van der Waals surface area contributed by atoms with E-state index in [2.05, 4.69) is 9.88 Å². The first-order valence-electron chi connectivity index (χ1n) is 11.1. The third kappa shape index (κ3) is 4.74. The van der Waals surface area contributed by atoms with Crippen LogP contribution >= 0.6 is 11.3 Å². The van der Waals surface area contributed by atoms with E-state index >= 15 is 0 Å². The van der Waals surface area contributed by atoms with Crippen molar-refractivity contribution in [1.82, 2.24) is 15.0 Å². The zero-order valence-electron chi connectivity index (χ0n) is 19.6. The van der Waals surface area contributed by atoms with Gasteiger partial charge in [-0.2, -0.15) is 0 Å². The van der Waals surface area contributed by atoms with Crippen LogP contribution < -0.4 is 9.80 Å². The van der Waals surface area contributed by atoms with Gasteiger partial charge in [0.1, 0.15) is 16.5 Å². The molecule has 1 aromatic carbocycles. The summed E-state index contributed by atoms with van der Waals surface area (Å²) < 4.78 is 29.7. The number of nitrogens with zero attached hydrogens (tertiary/aromatic N) is 5. The third-order valence-corrected chi connectivity index (χ3v) is 8.05. The Kier molecular flexibility index (Phi) is 6.33. The van der Waals surface area contributed by atoms with Crippen LogP contribution in [0.25, 0.3) is 32.0 Å². The minimum Gasteiger partial charge on any atom is -0.465 e. The Labute approximate surface area is 211 Å². The smallest absolute Gasteiger partial charge is 0.412 e. The van der Waals surface area contributed by atoms with E-state index in [9.17, 15) is 18.3 Å². The Bertz CT molecular complexity index is 1550. The first-order valence-corrected chi connectivity index (χ1v) is 13.8. The highest BCUT2D eigenvalue weighted by molar-refractivity contribution is 7.90. The van der Waals surface area contributed by atoms with Crippen LogP contribution in [0.2, 0.25) is 0 Å². The molecule has 1 saturated heterocycles. The van der Waals surface area contributed by atoms with Crippen LogP contribution in [0.5, 0.6) is 0 Å². The van der Waals surface area contributed by atoms with Crippen molar-refractivity contribution in [2.45, 2.75) is 4.90 Å². The highest BCUT2D eigenvalue weighted by Gasteiger charge is 2.21. The molecule has 0 unspecified atom stereocenters. The lowest BCUT2D eigenvalue weighted by atomic mass is 10.1. The zero-order valence-corrected chi connectivity index (χ0v) is 21.2. The Morgan fingerprint density at radius 3 is 2.56 bits per heavy atom. The molecule has 12 heteroatoms. The first kappa shape index (κ1) is 24.1. The molecule has 4 heterocycles. The molecule has 0 radical (unpaired) electrons. The number of aromatic nitrogens is 3. The number of carboxylic acid groups (broad SMARTS) is 1. The van der Waals surface area contributed by atoms with Gasteiger partial charge in [0.2, 0.25) is 0 Å². The van der Waals surface area contributed by atoms with E-state index in [-0.39, 0.29) is 4.90 Å². The van der Waals surface area contributed by atoms with E-state index in [4.69, 9.17) is 14.7 Å². The Morgan fingerprint density at radius 1 is 1.11 bits per heavy atom. The van der Waals surface area contributed by atoms with Gasteiger partial charge in [0.15, 0.2) is 15.7 Å². The van der Waals surface area contributed by atoms with Gasteiger partial charge in [-0.15, -0.1) is 11.3 Å². The maximum absolute atomic E-state index is 12.1. The number of sulfone groups is 1. The summed E-state index contributed by atoms with van der Waals surface area (Å²) in [6.07, 6.45) is 1.65. The molecule has 0 spiro atoms. The lowest BCUT2D eigenvalue weighted by Gasteiger charge is -2.28. The highest BCUT2D eigenvalue weighted by Crippen LogP contribution is 2.38. The summed E-state index contributed by atoms with van der Waals surface area (Å²) in [7, 11) is -1.91. The molecule has 1 fully saturated rings. The fraction of sp³-hybridized carbons (Fsp3) is 0.250. The summed E-state index contributed by atoms with van der Waals surface area (Å²) >= 11 is 1.46. The summed E-state index contributed by atoms with van der Waals surface area (Å²) in [5.74, 6) is 1.54. The summed E-state index contributed by atoms with van der Waals surface area (Å²) in [6.45, 7) is 2.54. The standard InChI is InChI=1S/C24H23N5O5S2/c1-28(24(30)31)20-7-6-16(14-25-20)21-26-22(29-8-10-34-11-9-29)18-13-19(35-23(18)27-21)15-4-3-5-17(12-15)36(2,32)33/h3-7,12-14H,8-11H2,1-2H3,(H,30,31). The Balaban J connectivity index is 1.62. The van der Waals surface area contributed by atoms with Crippen molar-refractivity contribution in [2.75, 3.05) is 49.4 Å². The predicted octanol–water partition coefficient (Wildman–Crippen LogP) is 3.77. The molecule has 0 saturated carbocycles. The summed E-state index contributed by atoms with van der Waals surface area (Å²) in [6, 6.07) is 12.2. The number of morpholine rings is 1. The van der Waals surface area contributed by atoms with Crippen LogP contribution in [-0.4, -0.2) is 74.2 Å². The second-order valence-electron chi connectivity index (χ2n) is 8.35. The number of carbonyl (C=O) groups is 1. The minimum absolute atomic E-state index is 0.259. The second kappa shape index (κ2) is 9.45. The molecule has 186 valence electrons. The van der Waals surface area contributed by atoms with Crippen LogP contribution in [0.15, 0.2) is 53.6 Å². The summed E-state index contributed by atoms with van der Waals surface area (Å²) in [5.41, 5.74) is 1.45. The molecule has 1 aliphatic heterocycles. The van der Waals surface area contributed by atoms with E-state index in [1.54, 1.807) is 36.5 Å².